The van der Waals surface area contributed by atoms with E-state index >= 15 is 0 Å². The Morgan fingerprint density at radius 3 is 2.61 bits per heavy atom. The van der Waals surface area contributed by atoms with Crippen molar-refractivity contribution >= 4 is 11.6 Å². The van der Waals surface area contributed by atoms with Crippen LogP contribution in [0.1, 0.15) is 23.2 Å². The number of nitrogens with zero attached hydrogens (tertiary/aromatic N) is 1. The zero-order valence-electron chi connectivity index (χ0n) is 10.3. The molecule has 0 aliphatic rings. The van der Waals surface area contributed by atoms with Crippen LogP contribution in [-0.2, 0) is 6.42 Å². The fourth-order valence-electron chi connectivity index (χ4n) is 1.68. The van der Waals surface area contributed by atoms with Gasteiger partial charge >= 0.3 is 0 Å². The maximum atomic E-state index is 13.6. The quantitative estimate of drug-likeness (QED) is 0.834. The van der Waals surface area contributed by atoms with Gasteiger partial charge in [0.25, 0.3) is 5.91 Å². The van der Waals surface area contributed by atoms with Crippen LogP contribution >= 0.6 is 0 Å². The van der Waals surface area contributed by atoms with Gasteiger partial charge in [-0.25, -0.2) is 4.39 Å². The van der Waals surface area contributed by atoms with Gasteiger partial charge in [0.15, 0.2) is 5.76 Å². The summed E-state index contributed by atoms with van der Waals surface area (Å²) in [6, 6.07) is 9.50. The highest BCUT2D eigenvalue weighted by atomic mass is 19.1. The molecular weight excluding hydrogens is 233 g/mol. The second-order valence-corrected chi connectivity index (χ2v) is 3.94. The Morgan fingerprint density at radius 2 is 2.00 bits per heavy atom. The standard InChI is InChI=1S/C14H14FNO2/c1-3-10-8-9-13(18-10)14(17)16(2)12-7-5-4-6-11(12)15/h4-9H,3H2,1-2H3. The number of benzene rings is 1. The van der Waals surface area contributed by atoms with Gasteiger partial charge in [-0.15, -0.1) is 0 Å². The van der Waals surface area contributed by atoms with Gasteiger partial charge in [0.05, 0.1) is 5.69 Å². The molecule has 18 heavy (non-hydrogen) atoms. The minimum Gasteiger partial charge on any atom is -0.456 e. The van der Waals surface area contributed by atoms with E-state index in [-0.39, 0.29) is 17.4 Å². The van der Waals surface area contributed by atoms with Gasteiger partial charge in [-0.3, -0.25) is 4.79 Å². The molecule has 4 heteroatoms. The second kappa shape index (κ2) is 5.04. The summed E-state index contributed by atoms with van der Waals surface area (Å²) in [7, 11) is 1.52. The molecule has 1 heterocycles. The first kappa shape index (κ1) is 12.4. The Labute approximate surface area is 105 Å². The Bertz CT molecular complexity index is 562. The van der Waals surface area contributed by atoms with Crippen molar-refractivity contribution < 1.29 is 13.6 Å². The summed E-state index contributed by atoms with van der Waals surface area (Å²) in [5, 5.41) is 0. The molecule has 0 aliphatic heterocycles. The molecule has 1 amide bonds. The highest BCUT2D eigenvalue weighted by molar-refractivity contribution is 6.03. The Hall–Kier alpha value is -2.10. The van der Waals surface area contributed by atoms with Crippen LogP contribution in [0.4, 0.5) is 10.1 Å². The molecule has 0 spiro atoms. The Balaban J connectivity index is 2.26. The maximum Gasteiger partial charge on any atom is 0.293 e. The van der Waals surface area contributed by atoms with E-state index in [1.165, 1.54) is 18.0 Å². The van der Waals surface area contributed by atoms with Crippen molar-refractivity contribution in [1.82, 2.24) is 0 Å². The summed E-state index contributed by atoms with van der Waals surface area (Å²) in [4.78, 5) is 13.3. The molecule has 0 N–H and O–H groups in total. The molecule has 0 bridgehead atoms. The predicted molar refractivity (Wildman–Crippen MR) is 67.2 cm³/mol. The molecule has 0 unspecified atom stereocenters. The zero-order valence-corrected chi connectivity index (χ0v) is 10.3. The van der Waals surface area contributed by atoms with Crippen molar-refractivity contribution in [2.24, 2.45) is 0 Å². The molecule has 0 fully saturated rings. The molecule has 1 aromatic carbocycles. The summed E-state index contributed by atoms with van der Waals surface area (Å²) in [5.41, 5.74) is 0.233. The van der Waals surface area contributed by atoms with E-state index in [9.17, 15) is 9.18 Å². The highest BCUT2D eigenvalue weighted by Crippen LogP contribution is 2.20. The van der Waals surface area contributed by atoms with Crippen LogP contribution in [0.15, 0.2) is 40.8 Å². The first-order valence-electron chi connectivity index (χ1n) is 5.74. The average Bonchev–Trinajstić information content (AvgIpc) is 2.86. The van der Waals surface area contributed by atoms with Gasteiger partial charge in [-0.2, -0.15) is 0 Å². The van der Waals surface area contributed by atoms with Crippen LogP contribution in [0.5, 0.6) is 0 Å². The Morgan fingerprint density at radius 1 is 1.28 bits per heavy atom. The number of para-hydroxylation sites is 1. The van der Waals surface area contributed by atoms with Crippen molar-refractivity contribution in [2.75, 3.05) is 11.9 Å². The zero-order chi connectivity index (χ0) is 13.1. The van der Waals surface area contributed by atoms with Gasteiger partial charge in [-0.1, -0.05) is 19.1 Å². The van der Waals surface area contributed by atoms with E-state index in [2.05, 4.69) is 0 Å². The molecule has 1 aromatic heterocycles. The fraction of sp³-hybridized carbons (Fsp3) is 0.214. The minimum atomic E-state index is -0.435. The predicted octanol–water partition coefficient (Wildman–Crippen LogP) is 3.26. The summed E-state index contributed by atoms with van der Waals surface area (Å²) in [6.45, 7) is 1.94. The lowest BCUT2D eigenvalue weighted by Crippen LogP contribution is -2.26. The molecule has 0 saturated heterocycles. The molecule has 0 saturated carbocycles. The number of aryl methyl sites for hydroxylation is 1. The molecule has 2 aromatic rings. The van der Waals surface area contributed by atoms with Crippen molar-refractivity contribution in [1.29, 1.82) is 0 Å². The first-order valence-corrected chi connectivity index (χ1v) is 5.74. The van der Waals surface area contributed by atoms with Gasteiger partial charge < -0.3 is 9.32 Å². The van der Waals surface area contributed by atoms with Gasteiger partial charge in [0.2, 0.25) is 0 Å². The van der Waals surface area contributed by atoms with Crippen LogP contribution in [0.2, 0.25) is 0 Å². The lowest BCUT2D eigenvalue weighted by atomic mass is 10.2. The topological polar surface area (TPSA) is 33.5 Å². The lowest BCUT2D eigenvalue weighted by Gasteiger charge is -2.16. The van der Waals surface area contributed by atoms with E-state index in [4.69, 9.17) is 4.42 Å². The summed E-state index contributed by atoms with van der Waals surface area (Å²) < 4.78 is 18.9. The number of amides is 1. The first-order chi connectivity index (χ1) is 8.63. The number of carbonyl (C=O) groups is 1. The summed E-state index contributed by atoms with van der Waals surface area (Å²) >= 11 is 0. The highest BCUT2D eigenvalue weighted by Gasteiger charge is 2.19. The number of hydrogen-bond acceptors (Lipinski definition) is 2. The summed E-state index contributed by atoms with van der Waals surface area (Å²) in [6.07, 6.45) is 0.719. The third kappa shape index (κ3) is 2.27. The number of rotatable bonds is 3. The van der Waals surface area contributed by atoms with E-state index in [1.54, 1.807) is 30.3 Å². The monoisotopic (exact) mass is 247 g/mol. The molecule has 3 nitrogen and oxygen atoms in total. The summed E-state index contributed by atoms with van der Waals surface area (Å²) in [5.74, 6) is 0.160. The number of hydrogen-bond donors (Lipinski definition) is 0. The number of anilines is 1. The van der Waals surface area contributed by atoms with Crippen molar-refractivity contribution in [3.05, 3.63) is 53.7 Å². The van der Waals surface area contributed by atoms with E-state index in [0.717, 1.165) is 12.2 Å². The third-order valence-corrected chi connectivity index (χ3v) is 2.74. The van der Waals surface area contributed by atoms with Crippen LogP contribution < -0.4 is 4.90 Å². The molecule has 0 aliphatic carbocycles. The van der Waals surface area contributed by atoms with Crippen molar-refractivity contribution in [3.8, 4) is 0 Å². The third-order valence-electron chi connectivity index (χ3n) is 2.74. The smallest absolute Gasteiger partial charge is 0.293 e. The van der Waals surface area contributed by atoms with E-state index in [1.807, 2.05) is 6.92 Å². The van der Waals surface area contributed by atoms with Crippen LogP contribution in [0.25, 0.3) is 0 Å². The molecule has 0 radical (unpaired) electrons. The van der Waals surface area contributed by atoms with Crippen LogP contribution in [0, 0.1) is 5.82 Å². The minimum absolute atomic E-state index is 0.220. The average molecular weight is 247 g/mol. The number of carbonyl (C=O) groups excluding carboxylic acids is 1. The van der Waals surface area contributed by atoms with Gasteiger partial charge in [0, 0.05) is 13.5 Å². The van der Waals surface area contributed by atoms with Crippen molar-refractivity contribution in [2.45, 2.75) is 13.3 Å². The SMILES string of the molecule is CCc1ccc(C(=O)N(C)c2ccccc2F)o1. The van der Waals surface area contributed by atoms with E-state index < -0.39 is 5.82 Å². The van der Waals surface area contributed by atoms with Crippen molar-refractivity contribution in [3.63, 3.8) is 0 Å². The molecule has 94 valence electrons. The van der Waals surface area contributed by atoms with E-state index in [0.29, 0.717) is 0 Å². The lowest BCUT2D eigenvalue weighted by molar-refractivity contribution is 0.0964. The number of halogens is 1. The van der Waals surface area contributed by atoms with Crippen LogP contribution in [-0.4, -0.2) is 13.0 Å². The second-order valence-electron chi connectivity index (χ2n) is 3.94. The normalized spacial score (nSPS) is 10.4. The Kier molecular flexibility index (Phi) is 3.46. The largest absolute Gasteiger partial charge is 0.456 e. The molecular formula is C14H14FNO2. The number of furan rings is 1. The molecule has 2 rings (SSSR count). The fourth-order valence-corrected chi connectivity index (χ4v) is 1.68. The van der Waals surface area contributed by atoms with Crippen LogP contribution in [0.3, 0.4) is 0 Å². The van der Waals surface area contributed by atoms with Gasteiger partial charge in [-0.05, 0) is 24.3 Å². The maximum absolute atomic E-state index is 13.6. The molecule has 0 atom stereocenters. The van der Waals surface area contributed by atoms with Gasteiger partial charge in [0.1, 0.15) is 11.6 Å².